The molecule has 0 saturated carbocycles. The van der Waals surface area contributed by atoms with Crippen molar-refractivity contribution in [2.24, 2.45) is 0 Å². The Morgan fingerprint density at radius 2 is 0.529 bits per heavy atom. The molecular formula is C72H173ClN7Na2O29P8+. The molecule has 0 aromatic rings. The molecule has 36 nitrogen and oxygen atoms in total. The summed E-state index contributed by atoms with van der Waals surface area (Å²) in [6, 6.07) is 0. The van der Waals surface area contributed by atoms with Gasteiger partial charge in [0.25, 0.3) is 5.08 Å². The monoisotopic (exact) mass is 1930 g/mol. The molecule has 119 heavy (non-hydrogen) atoms. The molecule has 0 heterocycles. The van der Waals surface area contributed by atoms with Crippen molar-refractivity contribution in [1.29, 1.82) is 0 Å². The van der Waals surface area contributed by atoms with Crippen molar-refractivity contribution in [1.82, 2.24) is 34.3 Å². The molecule has 4 atom stereocenters. The number of aliphatic hydroxyl groups is 4. The zero-order valence-corrected chi connectivity index (χ0v) is 86.7. The van der Waals surface area contributed by atoms with E-state index in [-0.39, 0.29) is 124 Å². The van der Waals surface area contributed by atoms with Crippen molar-refractivity contribution >= 4 is 88.9 Å². The van der Waals surface area contributed by atoms with Gasteiger partial charge < -0.3 is 138 Å². The summed E-state index contributed by atoms with van der Waals surface area (Å²) in [5, 5.41) is 36.4. The fraction of sp³-hybridized carbons (Fsp3) is 0.958. The Hall–Kier alpha value is 1.85. The third-order valence-corrected chi connectivity index (χ3v) is 30.2. The molecule has 0 radical (unpaired) electrons. The molecule has 718 valence electrons. The number of hydrogen-bond acceptors (Lipinski definition) is 24. The van der Waals surface area contributed by atoms with Crippen LogP contribution in [-0.2, 0) is 50.9 Å². The van der Waals surface area contributed by atoms with Crippen LogP contribution in [0.25, 0.3) is 0 Å². The maximum Gasteiger partial charge on any atom is 1.00 e. The largest absolute Gasteiger partial charge is 1.00 e. The van der Waals surface area contributed by atoms with Crippen molar-refractivity contribution in [3.63, 3.8) is 0 Å². The molecular weight excluding hydrogens is 1760 g/mol. The minimum atomic E-state index is -5.58. The normalized spacial score (nSPS) is 13.6. The number of aliphatic carboxylic acids is 1. The van der Waals surface area contributed by atoms with E-state index in [1.807, 2.05) is 55.8 Å². The fourth-order valence-corrected chi connectivity index (χ4v) is 16.2. The van der Waals surface area contributed by atoms with Crippen LogP contribution in [0, 0.1) is 0 Å². The summed E-state index contributed by atoms with van der Waals surface area (Å²) in [7, 11) is -22.9. The molecule has 4 unspecified atom stereocenters. The number of rotatable bonds is 56. The molecule has 0 aromatic heterocycles. The summed E-state index contributed by atoms with van der Waals surface area (Å²) < 4.78 is 87.3. The smallest absolute Gasteiger partial charge is 0.776 e. The average molecular weight is 1930 g/mol. The van der Waals surface area contributed by atoms with Crippen molar-refractivity contribution < 1.29 is 200 Å². The first-order chi connectivity index (χ1) is 51.3. The molecule has 0 spiro atoms. The fourth-order valence-electron chi connectivity index (χ4n) is 9.18. The molecule has 0 aliphatic heterocycles. The van der Waals surface area contributed by atoms with Gasteiger partial charge in [-0.05, 0) is 185 Å². The van der Waals surface area contributed by atoms with E-state index in [0.717, 1.165) is 110 Å². The molecule has 0 rings (SSSR count). The van der Waals surface area contributed by atoms with E-state index in [4.69, 9.17) is 65.6 Å². The van der Waals surface area contributed by atoms with Gasteiger partial charge in [0.05, 0.1) is 12.0 Å². The SMILES string of the molecule is C.C.C.CCCCCN(C)CCC(=O)Cl.CCCCCN(C)CCC(=O)O.CCCCCN(C)CCC(=O)P(C)(C)=O.CCCCCN(C)CCC(C)(C)O.CCCCCN(C)CCC(O)(P(=O)(O)O)P(=O)(O)O.CCCCCN(C)CCC(O)(P(=O)([O-])O)P(=O)(O)O.CCCCCN(C)CCC(O)(P(=O)([O-])O)P(=O)(O)O.C[P+](C)=O.O.[Na+].[Na+]. The van der Waals surface area contributed by atoms with Crippen LogP contribution < -0.4 is 68.9 Å². The van der Waals surface area contributed by atoms with Crippen LogP contribution in [0.5, 0.6) is 0 Å². The molecule has 0 bridgehead atoms. The predicted molar refractivity (Wildman–Crippen MR) is 477 cm³/mol. The predicted octanol–water partition coefficient (Wildman–Crippen LogP) is 5.17. The summed E-state index contributed by atoms with van der Waals surface area (Å²) in [6.45, 7) is 34.2. The van der Waals surface area contributed by atoms with Gasteiger partial charge >= 0.3 is 103 Å². The first kappa shape index (κ1) is 152. The Morgan fingerprint density at radius 3 is 0.689 bits per heavy atom. The van der Waals surface area contributed by atoms with Crippen molar-refractivity contribution in [2.75, 3.05) is 168 Å². The van der Waals surface area contributed by atoms with Gasteiger partial charge in [-0.3, -0.25) is 32.6 Å². The maximum atomic E-state index is 11.4. The molecule has 0 aliphatic rings. The molecule has 0 aliphatic carbocycles. The van der Waals surface area contributed by atoms with Gasteiger partial charge in [0.15, 0.2) is 20.7 Å². The van der Waals surface area contributed by atoms with Crippen LogP contribution in [-0.4, -0.2) is 319 Å². The van der Waals surface area contributed by atoms with E-state index in [1.54, 1.807) is 62.5 Å². The van der Waals surface area contributed by atoms with Crippen LogP contribution in [0.15, 0.2) is 0 Å². The standard InChI is InChI=1S/C11H24NO2P.C11H25NO.C9H18ClNO.3C9H23NO7P2.C9H19NO2.C2H6OP.3CH4.2Na.H2O/c1-5-6-7-9-12(2)10-8-11(13)15(3,4)14;1-5-6-7-9-12(4)10-8-11(2,3)13;1-3-4-5-7-11(2)8-6-9(10)12;3*1-3-4-5-7-10(2)8-6-9(11,18(12,13)14)19(15,16)17;1-3-4-5-7-10(2)8-6-9(11)12;1-4(2)3;;;;;;/h5-10H2,1-4H3;13H,5-10H2,1-4H3;3-8H2,1-2H3;3*11H,3-8H2,1-2H3,(H2,12,13,14)(H2,15,16,17);3-8H2,1-2H3,(H,11,12);1-2H3;3*1H4;;;1H2/q;;;;;;;+1;;;;2*+1;/p-2. The zero-order chi connectivity index (χ0) is 90.5. The Morgan fingerprint density at radius 1 is 0.353 bits per heavy atom. The van der Waals surface area contributed by atoms with E-state index in [0.29, 0.717) is 39.0 Å². The number of carbonyl (C=O) groups excluding carboxylic acids is 2. The van der Waals surface area contributed by atoms with Gasteiger partial charge in [0, 0.05) is 77.9 Å². The second-order valence-electron chi connectivity index (χ2n) is 30.0. The zero-order valence-electron chi connectivity index (χ0n) is 74.8. The summed E-state index contributed by atoms with van der Waals surface area (Å²) in [5.74, 6) is -0.711. The topological polar surface area (TPSA) is 592 Å². The summed E-state index contributed by atoms with van der Waals surface area (Å²) >= 11 is 5.22. The molecule has 0 aromatic carbocycles. The van der Waals surface area contributed by atoms with Gasteiger partial charge in [-0.1, -0.05) is 165 Å². The van der Waals surface area contributed by atoms with Crippen LogP contribution in [0.4, 0.5) is 0 Å². The maximum absolute atomic E-state index is 11.4. The van der Waals surface area contributed by atoms with Crippen LogP contribution >= 0.6 is 72.1 Å². The number of carbonyl (C=O) groups is 3. The minimum absolute atomic E-state index is 0. The van der Waals surface area contributed by atoms with Crippen molar-refractivity contribution in [3.8, 4) is 0 Å². The first-order valence-corrected chi connectivity index (χ1v) is 53.8. The Bertz CT molecular complexity index is 2520. The summed E-state index contributed by atoms with van der Waals surface area (Å²) in [5.41, 5.74) is -0.594. The van der Waals surface area contributed by atoms with E-state index < -0.39 is 107 Å². The average Bonchev–Trinajstić information content (AvgIpc) is 0.788. The molecule has 47 heteroatoms. The molecule has 0 fully saturated rings. The van der Waals surface area contributed by atoms with Gasteiger partial charge in [0.1, 0.15) is 20.5 Å². The van der Waals surface area contributed by atoms with Crippen molar-refractivity contribution in [3.05, 3.63) is 0 Å². The molecule has 0 amide bonds. The number of carboxylic acid groups (broad SMARTS) is 1. The van der Waals surface area contributed by atoms with Gasteiger partial charge in [-0.15, -0.1) is 0 Å². The van der Waals surface area contributed by atoms with Crippen LogP contribution in [0.1, 0.15) is 264 Å². The Balaban J connectivity index is -0.0000000892. The van der Waals surface area contributed by atoms with Gasteiger partial charge in [-0.2, -0.15) is 0 Å². The number of halogens is 1. The quantitative estimate of drug-likeness (QED) is 0.0162. The number of carboxylic acids is 1. The third-order valence-electron chi connectivity index (χ3n) is 17.1. The van der Waals surface area contributed by atoms with Crippen LogP contribution in [0.3, 0.4) is 0 Å². The van der Waals surface area contributed by atoms with Gasteiger partial charge in [-0.25, -0.2) is 0 Å². The van der Waals surface area contributed by atoms with Crippen molar-refractivity contribution in [2.45, 2.75) is 285 Å². The molecule has 0 saturated heterocycles. The minimum Gasteiger partial charge on any atom is -0.776 e. The Labute approximate surface area is 769 Å². The van der Waals surface area contributed by atoms with E-state index in [1.165, 1.54) is 77.0 Å². The number of hydrogen-bond donors (Lipinski definition) is 15. The number of unbranched alkanes of at least 4 members (excludes halogenated alkanes) is 14. The summed E-state index contributed by atoms with van der Waals surface area (Å²) in [4.78, 5) is 157. The molecule has 17 N–H and O–H groups in total. The first-order valence-electron chi connectivity index (χ1n) is 39.1. The van der Waals surface area contributed by atoms with E-state index in [9.17, 15) is 81.1 Å². The Kier molecular flexibility index (Phi) is 106. The van der Waals surface area contributed by atoms with Crippen LogP contribution in [0.2, 0.25) is 0 Å². The second-order valence-corrected chi connectivity index (χ2v) is 47.2. The third kappa shape index (κ3) is 90.2. The van der Waals surface area contributed by atoms with E-state index >= 15 is 0 Å². The summed E-state index contributed by atoms with van der Waals surface area (Å²) in [6.07, 6.45) is 23.2. The van der Waals surface area contributed by atoms with Gasteiger partial charge in [0.2, 0.25) is 15.4 Å². The van der Waals surface area contributed by atoms with E-state index in [2.05, 4.69) is 54.3 Å². The second kappa shape index (κ2) is 83.0. The number of nitrogens with zero attached hydrogens (tertiary/aromatic N) is 7.